The Bertz CT molecular complexity index is 338. The van der Waals surface area contributed by atoms with Gasteiger partial charge in [-0.2, -0.15) is 0 Å². The van der Waals surface area contributed by atoms with E-state index < -0.39 is 0 Å². The Morgan fingerprint density at radius 1 is 0.533 bits per heavy atom. The lowest BCUT2D eigenvalue weighted by Gasteiger charge is -2.07. The molecule has 0 atom stereocenters. The van der Waals surface area contributed by atoms with Gasteiger partial charge in [-0.1, -0.05) is 149 Å². The Kier molecular flexibility index (Phi) is 24.3. The Morgan fingerprint density at radius 2 is 0.833 bits per heavy atom. The summed E-state index contributed by atoms with van der Waals surface area (Å²) in [5, 5.41) is 0. The molecule has 0 amide bonds. The maximum Gasteiger partial charge on any atom is 0.305 e. The topological polar surface area (TPSA) is 26.3 Å². The number of esters is 1. The van der Waals surface area contributed by atoms with E-state index in [4.69, 9.17) is 4.74 Å². The predicted octanol–water partition coefficient (Wildman–Crippen LogP) is 9.79. The molecule has 180 valence electrons. The average molecular weight is 425 g/mol. The lowest BCUT2D eigenvalue weighted by atomic mass is 10.0. The van der Waals surface area contributed by atoms with E-state index in [1.807, 2.05) is 0 Å². The van der Waals surface area contributed by atoms with Gasteiger partial charge in [0, 0.05) is 6.42 Å². The molecule has 0 saturated heterocycles. The van der Waals surface area contributed by atoms with Crippen LogP contribution >= 0.6 is 0 Å². The Hall–Kier alpha value is -0.530. The van der Waals surface area contributed by atoms with E-state index in [2.05, 4.69) is 20.8 Å². The van der Waals surface area contributed by atoms with E-state index in [9.17, 15) is 4.79 Å². The van der Waals surface area contributed by atoms with Crippen molar-refractivity contribution >= 4 is 5.97 Å². The molecule has 0 radical (unpaired) electrons. The van der Waals surface area contributed by atoms with Gasteiger partial charge in [0.2, 0.25) is 0 Å². The van der Waals surface area contributed by atoms with Gasteiger partial charge in [-0.15, -0.1) is 0 Å². The van der Waals surface area contributed by atoms with Gasteiger partial charge in [0.15, 0.2) is 0 Å². The molecule has 0 spiro atoms. The number of hydrogen-bond acceptors (Lipinski definition) is 2. The van der Waals surface area contributed by atoms with Crippen molar-refractivity contribution in [2.45, 2.75) is 162 Å². The van der Waals surface area contributed by atoms with Gasteiger partial charge in [-0.25, -0.2) is 0 Å². The number of rotatable bonds is 24. The zero-order valence-corrected chi connectivity index (χ0v) is 21.2. The minimum absolute atomic E-state index is 0.0125. The molecule has 0 heterocycles. The van der Waals surface area contributed by atoms with Crippen molar-refractivity contribution in [1.29, 1.82) is 0 Å². The highest BCUT2D eigenvalue weighted by molar-refractivity contribution is 5.69. The molecule has 0 aromatic heterocycles. The third-order valence-corrected chi connectivity index (χ3v) is 6.06. The fraction of sp³-hybridized carbons (Fsp3) is 0.964. The summed E-state index contributed by atoms with van der Waals surface area (Å²) in [6, 6.07) is 0. The first kappa shape index (κ1) is 29.5. The Labute approximate surface area is 190 Å². The van der Waals surface area contributed by atoms with Crippen LogP contribution in [-0.2, 0) is 9.53 Å². The van der Waals surface area contributed by atoms with Crippen LogP contribution < -0.4 is 0 Å². The van der Waals surface area contributed by atoms with E-state index in [0.29, 0.717) is 18.9 Å². The quantitative estimate of drug-likeness (QED) is 0.114. The maximum atomic E-state index is 11.5. The minimum Gasteiger partial charge on any atom is -0.465 e. The maximum absolute atomic E-state index is 11.5. The van der Waals surface area contributed by atoms with Gasteiger partial charge in [-0.05, 0) is 12.3 Å². The lowest BCUT2D eigenvalue weighted by molar-refractivity contribution is -0.144. The fourth-order valence-corrected chi connectivity index (χ4v) is 4.03. The van der Waals surface area contributed by atoms with Crippen LogP contribution in [0.4, 0.5) is 0 Å². The van der Waals surface area contributed by atoms with Crippen molar-refractivity contribution in [1.82, 2.24) is 0 Å². The van der Waals surface area contributed by atoms with Gasteiger partial charge in [-0.3, -0.25) is 4.79 Å². The SMILES string of the molecule is CCCCCCCCCCCCCCCCCCCCCCCC(=O)OCC(C)C. The second-order valence-corrected chi connectivity index (χ2v) is 9.90. The summed E-state index contributed by atoms with van der Waals surface area (Å²) in [5.74, 6) is 0.426. The van der Waals surface area contributed by atoms with E-state index in [0.717, 1.165) is 6.42 Å². The standard InChI is InChI=1S/C28H56O2/c1-4-5-6-7-8-9-10-11-12-13-14-15-16-17-18-19-20-21-22-23-24-25-28(29)30-26-27(2)3/h27H,4-26H2,1-3H3. The first-order valence-corrected chi connectivity index (χ1v) is 13.8. The zero-order valence-electron chi connectivity index (χ0n) is 21.2. The second kappa shape index (κ2) is 24.7. The summed E-state index contributed by atoms with van der Waals surface area (Å²) in [6.45, 7) is 7.01. The first-order valence-electron chi connectivity index (χ1n) is 13.8. The molecule has 0 aliphatic heterocycles. The van der Waals surface area contributed by atoms with Crippen molar-refractivity contribution in [2.75, 3.05) is 6.61 Å². The number of unbranched alkanes of at least 4 members (excludes halogenated alkanes) is 20. The molecule has 0 fully saturated rings. The van der Waals surface area contributed by atoms with Gasteiger partial charge in [0.05, 0.1) is 6.61 Å². The van der Waals surface area contributed by atoms with Crippen molar-refractivity contribution < 1.29 is 9.53 Å². The smallest absolute Gasteiger partial charge is 0.305 e. The second-order valence-electron chi connectivity index (χ2n) is 9.90. The van der Waals surface area contributed by atoms with E-state index in [-0.39, 0.29) is 5.97 Å². The number of carbonyl (C=O) groups is 1. The molecule has 0 aromatic carbocycles. The number of carbonyl (C=O) groups excluding carboxylic acids is 1. The van der Waals surface area contributed by atoms with Crippen molar-refractivity contribution in [2.24, 2.45) is 5.92 Å². The highest BCUT2D eigenvalue weighted by Crippen LogP contribution is 2.15. The Morgan fingerprint density at radius 3 is 1.13 bits per heavy atom. The van der Waals surface area contributed by atoms with Crippen LogP contribution in [0.1, 0.15) is 162 Å². The van der Waals surface area contributed by atoms with Crippen LogP contribution in [0.3, 0.4) is 0 Å². The number of hydrogen-bond donors (Lipinski definition) is 0. The summed E-state index contributed by atoms with van der Waals surface area (Å²) in [4.78, 5) is 11.5. The van der Waals surface area contributed by atoms with E-state index >= 15 is 0 Å². The minimum atomic E-state index is -0.0125. The van der Waals surface area contributed by atoms with E-state index in [1.165, 1.54) is 128 Å². The largest absolute Gasteiger partial charge is 0.465 e. The molecule has 0 rings (SSSR count). The third kappa shape index (κ3) is 25.5. The summed E-state index contributed by atoms with van der Waals surface area (Å²) in [5.41, 5.74) is 0. The summed E-state index contributed by atoms with van der Waals surface area (Å²) in [6.07, 6.45) is 29.8. The monoisotopic (exact) mass is 424 g/mol. The van der Waals surface area contributed by atoms with E-state index in [1.54, 1.807) is 0 Å². The summed E-state index contributed by atoms with van der Waals surface area (Å²) >= 11 is 0. The molecule has 0 aromatic rings. The van der Waals surface area contributed by atoms with Crippen molar-refractivity contribution in [3.8, 4) is 0 Å². The molecule has 0 aliphatic rings. The molecule has 0 saturated carbocycles. The molecule has 30 heavy (non-hydrogen) atoms. The Balaban J connectivity index is 3.07. The molecule has 0 aliphatic carbocycles. The molecule has 0 N–H and O–H groups in total. The summed E-state index contributed by atoms with van der Waals surface area (Å²) in [7, 11) is 0. The van der Waals surface area contributed by atoms with Gasteiger partial charge >= 0.3 is 5.97 Å². The predicted molar refractivity (Wildman–Crippen MR) is 133 cm³/mol. The first-order chi connectivity index (χ1) is 14.7. The normalized spacial score (nSPS) is 11.3. The molecule has 2 nitrogen and oxygen atoms in total. The van der Waals surface area contributed by atoms with Crippen LogP contribution in [-0.4, -0.2) is 12.6 Å². The van der Waals surface area contributed by atoms with Crippen molar-refractivity contribution in [3.05, 3.63) is 0 Å². The lowest BCUT2D eigenvalue weighted by Crippen LogP contribution is -2.09. The average Bonchev–Trinajstić information content (AvgIpc) is 2.73. The molecule has 0 unspecified atom stereocenters. The zero-order chi connectivity index (χ0) is 22.1. The molecular formula is C28H56O2. The highest BCUT2D eigenvalue weighted by atomic mass is 16.5. The van der Waals surface area contributed by atoms with Crippen LogP contribution in [0.2, 0.25) is 0 Å². The summed E-state index contributed by atoms with van der Waals surface area (Å²) < 4.78 is 5.21. The van der Waals surface area contributed by atoms with Crippen molar-refractivity contribution in [3.63, 3.8) is 0 Å². The molecule has 0 bridgehead atoms. The van der Waals surface area contributed by atoms with Gasteiger partial charge in [0.25, 0.3) is 0 Å². The van der Waals surface area contributed by atoms with Crippen LogP contribution in [0, 0.1) is 5.92 Å². The van der Waals surface area contributed by atoms with Gasteiger partial charge < -0.3 is 4.74 Å². The van der Waals surface area contributed by atoms with Crippen LogP contribution in [0.5, 0.6) is 0 Å². The van der Waals surface area contributed by atoms with Gasteiger partial charge in [0.1, 0.15) is 0 Å². The van der Waals surface area contributed by atoms with Crippen LogP contribution in [0.25, 0.3) is 0 Å². The van der Waals surface area contributed by atoms with Crippen LogP contribution in [0.15, 0.2) is 0 Å². The molecular weight excluding hydrogens is 368 g/mol. The highest BCUT2D eigenvalue weighted by Gasteiger charge is 2.03. The molecule has 2 heteroatoms. The fourth-order valence-electron chi connectivity index (χ4n) is 4.03. The number of ether oxygens (including phenoxy) is 1. The third-order valence-electron chi connectivity index (χ3n) is 6.06.